The summed E-state index contributed by atoms with van der Waals surface area (Å²) in [5, 5.41) is 2.28. The molecule has 2 aliphatic rings. The van der Waals surface area contributed by atoms with Crippen LogP contribution < -0.4 is 0 Å². The van der Waals surface area contributed by atoms with E-state index >= 15 is 0 Å². The molecule has 1 aliphatic heterocycles. The van der Waals surface area contributed by atoms with Crippen molar-refractivity contribution in [2.45, 2.75) is 57.9 Å². The summed E-state index contributed by atoms with van der Waals surface area (Å²) in [6.07, 6.45) is 11.6. The number of rotatable bonds is 4. The Labute approximate surface area is 283 Å². The Morgan fingerprint density at radius 3 is 2.57 bits per heavy atom. The minimum Gasteiger partial charge on any atom is -0.501 e. The molecule has 1 saturated carbocycles. The third kappa shape index (κ3) is 5.53. The Hall–Kier alpha value is -4.31. The molecule has 4 aromatic carbocycles. The third-order valence-corrected chi connectivity index (χ3v) is 9.30. The van der Waals surface area contributed by atoms with Gasteiger partial charge in [0, 0.05) is 38.2 Å². The van der Waals surface area contributed by atoms with Crippen LogP contribution in [0.2, 0.25) is 0 Å². The first kappa shape index (κ1) is 30.3. The molecule has 0 bridgehead atoms. The number of benzene rings is 4. The summed E-state index contributed by atoms with van der Waals surface area (Å²) in [7, 11) is 0. The second kappa shape index (κ2) is 12.8. The average Bonchev–Trinajstić information content (AvgIpc) is 3.84. The van der Waals surface area contributed by atoms with E-state index in [0.717, 1.165) is 56.6 Å². The quantitative estimate of drug-likeness (QED) is 0.167. The van der Waals surface area contributed by atoms with E-state index in [1.165, 1.54) is 47.9 Å². The predicted molar refractivity (Wildman–Crippen MR) is 184 cm³/mol. The van der Waals surface area contributed by atoms with Crippen molar-refractivity contribution in [3.05, 3.63) is 126 Å². The Morgan fingerprint density at radius 1 is 0.891 bits per heavy atom. The van der Waals surface area contributed by atoms with E-state index in [2.05, 4.69) is 90.1 Å². The molecule has 5 heteroatoms. The van der Waals surface area contributed by atoms with Crippen LogP contribution in [-0.4, -0.2) is 14.5 Å². The molecule has 1 radical (unpaired) electrons. The van der Waals surface area contributed by atoms with Crippen LogP contribution in [0.1, 0.15) is 68.1 Å². The number of aromatic nitrogens is 3. The molecular weight excluding hydrogens is 743 g/mol. The first-order chi connectivity index (χ1) is 22.1. The van der Waals surface area contributed by atoms with Crippen molar-refractivity contribution in [2.75, 3.05) is 0 Å². The van der Waals surface area contributed by atoms with Crippen LogP contribution >= 0.6 is 0 Å². The summed E-state index contributed by atoms with van der Waals surface area (Å²) in [6.45, 7) is 5.33. The zero-order valence-electron chi connectivity index (χ0n) is 26.1. The van der Waals surface area contributed by atoms with Gasteiger partial charge in [-0.3, -0.25) is 4.98 Å². The van der Waals surface area contributed by atoms with Crippen molar-refractivity contribution in [1.29, 1.82) is 0 Å². The van der Waals surface area contributed by atoms with E-state index in [-0.39, 0.29) is 20.1 Å². The number of allylic oxidation sites excluding steroid dienone is 1. The van der Waals surface area contributed by atoms with Gasteiger partial charge in [0.25, 0.3) is 0 Å². The summed E-state index contributed by atoms with van der Waals surface area (Å²) < 4.78 is 8.42. The molecule has 0 atom stereocenters. The van der Waals surface area contributed by atoms with E-state index in [1.54, 1.807) is 0 Å². The Morgan fingerprint density at radius 2 is 1.74 bits per heavy atom. The molecule has 0 spiro atoms. The van der Waals surface area contributed by atoms with Gasteiger partial charge in [-0.1, -0.05) is 79.6 Å². The maximum atomic E-state index is 6.13. The average molecular weight is 778 g/mol. The molecule has 1 aliphatic carbocycles. The van der Waals surface area contributed by atoms with Crippen molar-refractivity contribution in [1.82, 2.24) is 14.5 Å². The number of nitrogens with zero attached hydrogens (tertiary/aromatic N) is 3. The van der Waals surface area contributed by atoms with Gasteiger partial charge in [-0.2, -0.15) is 0 Å². The summed E-state index contributed by atoms with van der Waals surface area (Å²) in [5.41, 5.74) is 11.1. The third-order valence-electron chi connectivity index (χ3n) is 9.30. The number of imidazole rings is 1. The summed E-state index contributed by atoms with van der Waals surface area (Å²) >= 11 is 0. The van der Waals surface area contributed by atoms with Gasteiger partial charge in [0.05, 0.1) is 22.4 Å². The standard InChI is InChI=1S/C22H18NO.C19H17N2.Ir/c1-2-7-15(6-1)16-12-13-23-20(14-16)19-10-5-9-18-17-8-3-4-11-21(17)24-22(18)19;1-13(2)16-11-15-9-6-10-21-18(15)17(12-16)20-19(21)14-7-4-3-5-8-14;/h3-5,8-9,11-15H,1-2,6-7H2;3-7,9,11-13H,10H2,1-2H3;/q2*-1;. The van der Waals surface area contributed by atoms with E-state index in [0.29, 0.717) is 11.8 Å². The molecule has 9 rings (SSSR count). The fraction of sp³-hybridized carbons (Fsp3) is 0.220. The van der Waals surface area contributed by atoms with Gasteiger partial charge < -0.3 is 14.0 Å². The SMILES string of the molecule is CC(C)c1cc2c3c(c1)nc(-c1[c-]cccc1)n3CC=C2.[Ir].[c-]1ccc2c(oc3ccccc32)c1-c1cc(C2CCCC2)ccn1. The van der Waals surface area contributed by atoms with Crippen LogP contribution in [0.3, 0.4) is 0 Å². The Kier molecular flexibility index (Phi) is 8.46. The van der Waals surface area contributed by atoms with Crippen LogP contribution in [0.5, 0.6) is 0 Å². The van der Waals surface area contributed by atoms with Crippen LogP contribution in [0, 0.1) is 12.1 Å². The van der Waals surface area contributed by atoms with E-state index < -0.39 is 0 Å². The monoisotopic (exact) mass is 778 g/mol. The van der Waals surface area contributed by atoms with Crippen LogP contribution in [0.15, 0.2) is 102 Å². The van der Waals surface area contributed by atoms with Gasteiger partial charge >= 0.3 is 0 Å². The van der Waals surface area contributed by atoms with Crippen LogP contribution in [0.4, 0.5) is 0 Å². The summed E-state index contributed by atoms with van der Waals surface area (Å²) in [4.78, 5) is 9.50. The normalized spacial score (nSPS) is 14.2. The van der Waals surface area contributed by atoms with Crippen molar-refractivity contribution in [3.8, 4) is 22.6 Å². The van der Waals surface area contributed by atoms with Crippen molar-refractivity contribution >= 4 is 39.0 Å². The molecule has 4 nitrogen and oxygen atoms in total. The van der Waals surface area contributed by atoms with E-state index in [1.807, 2.05) is 48.7 Å². The first-order valence-electron chi connectivity index (χ1n) is 16.1. The first-order valence-corrected chi connectivity index (χ1v) is 16.1. The van der Waals surface area contributed by atoms with Crippen LogP contribution in [0.25, 0.3) is 61.7 Å². The molecule has 3 aromatic heterocycles. The number of para-hydroxylation sites is 1. The zero-order chi connectivity index (χ0) is 30.3. The van der Waals surface area contributed by atoms with Crippen molar-refractivity contribution in [2.24, 2.45) is 0 Å². The maximum absolute atomic E-state index is 6.13. The second-order valence-corrected chi connectivity index (χ2v) is 12.5. The molecule has 1 fully saturated rings. The van der Waals surface area contributed by atoms with Crippen molar-refractivity contribution < 1.29 is 24.5 Å². The van der Waals surface area contributed by atoms with Crippen LogP contribution in [-0.2, 0) is 26.7 Å². The van der Waals surface area contributed by atoms with E-state index in [9.17, 15) is 0 Å². The van der Waals surface area contributed by atoms with Gasteiger partial charge in [0.2, 0.25) is 0 Å². The number of hydrogen-bond donors (Lipinski definition) is 0. The number of pyridine rings is 1. The second-order valence-electron chi connectivity index (χ2n) is 12.5. The number of hydrogen-bond acceptors (Lipinski definition) is 3. The molecule has 7 aromatic rings. The van der Waals surface area contributed by atoms with Gasteiger partial charge in [0.1, 0.15) is 5.58 Å². The topological polar surface area (TPSA) is 43.9 Å². The van der Waals surface area contributed by atoms with Gasteiger partial charge in [-0.15, -0.1) is 54.1 Å². The molecule has 0 unspecified atom stereocenters. The molecule has 0 N–H and O–H groups in total. The maximum Gasteiger partial charge on any atom is 0.120 e. The Balaban J connectivity index is 0.000000145. The number of furan rings is 1. The minimum absolute atomic E-state index is 0. The zero-order valence-corrected chi connectivity index (χ0v) is 28.5. The number of fused-ring (bicyclic) bond motifs is 3. The largest absolute Gasteiger partial charge is 0.501 e. The minimum atomic E-state index is 0. The Bertz CT molecular complexity index is 2180. The smallest absolute Gasteiger partial charge is 0.120 e. The van der Waals surface area contributed by atoms with Crippen molar-refractivity contribution in [3.63, 3.8) is 0 Å². The summed E-state index contributed by atoms with van der Waals surface area (Å²) in [6, 6.07) is 35.8. The molecule has 46 heavy (non-hydrogen) atoms. The van der Waals surface area contributed by atoms with Gasteiger partial charge in [-0.05, 0) is 65.8 Å². The predicted octanol–water partition coefficient (Wildman–Crippen LogP) is 10.8. The summed E-state index contributed by atoms with van der Waals surface area (Å²) in [5.74, 6) is 2.21. The molecule has 4 heterocycles. The van der Waals surface area contributed by atoms with Gasteiger partial charge in [-0.25, -0.2) is 0 Å². The molecule has 0 amide bonds. The molecule has 231 valence electrons. The fourth-order valence-electron chi connectivity index (χ4n) is 6.96. The molecular formula is C41H35IrN3O-2. The fourth-order valence-corrected chi connectivity index (χ4v) is 6.96. The van der Waals surface area contributed by atoms with Gasteiger partial charge in [0.15, 0.2) is 0 Å². The molecule has 0 saturated heterocycles. The van der Waals surface area contributed by atoms with E-state index in [4.69, 9.17) is 9.40 Å².